The number of fused-ring (bicyclic) bond motifs is 1. The molecule has 0 saturated carbocycles. The fraction of sp³-hybridized carbons (Fsp3) is 0.217. The van der Waals surface area contributed by atoms with Gasteiger partial charge in [-0.3, -0.25) is 9.59 Å². The van der Waals surface area contributed by atoms with Gasteiger partial charge in [-0.15, -0.1) is 0 Å². The molecule has 1 aliphatic rings. The summed E-state index contributed by atoms with van der Waals surface area (Å²) in [7, 11) is 2.92. The first kappa shape index (κ1) is 21.1. The van der Waals surface area contributed by atoms with Crippen molar-refractivity contribution in [3.63, 3.8) is 0 Å². The van der Waals surface area contributed by atoms with Crippen LogP contribution >= 0.6 is 0 Å². The molecule has 0 radical (unpaired) electrons. The van der Waals surface area contributed by atoms with Crippen LogP contribution in [0.3, 0.4) is 0 Å². The van der Waals surface area contributed by atoms with Gasteiger partial charge in [0.05, 0.1) is 20.6 Å². The lowest BCUT2D eigenvalue weighted by Gasteiger charge is -2.13. The molecule has 2 heterocycles. The number of ether oxygens (including phenoxy) is 3. The average molecular weight is 435 g/mol. The zero-order valence-electron chi connectivity index (χ0n) is 17.7. The second-order valence-electron chi connectivity index (χ2n) is 7.23. The van der Waals surface area contributed by atoms with Crippen LogP contribution in [0.2, 0.25) is 0 Å². The number of carbonyl (C=O) groups is 2. The number of hydrogen-bond acceptors (Lipinski definition) is 7. The minimum atomic E-state index is -0.740. The SMILES string of the molecule is COc1ccc2c(c1OC)C(=O)O[C@H]2CC(=O)Nc1cccc(-c2nc(C)cc(=O)[nH]2)c1. The molecule has 0 spiro atoms. The van der Waals surface area contributed by atoms with Gasteiger partial charge in [0.2, 0.25) is 5.91 Å². The predicted octanol–water partition coefficient (Wildman–Crippen LogP) is 3.00. The van der Waals surface area contributed by atoms with Crippen molar-refractivity contribution in [2.24, 2.45) is 0 Å². The lowest BCUT2D eigenvalue weighted by atomic mass is 10.0. The van der Waals surface area contributed by atoms with E-state index in [4.69, 9.17) is 14.2 Å². The first-order chi connectivity index (χ1) is 15.4. The topological polar surface area (TPSA) is 120 Å². The molecule has 4 rings (SSSR count). The van der Waals surface area contributed by atoms with Crippen LogP contribution in [-0.2, 0) is 9.53 Å². The summed E-state index contributed by atoms with van der Waals surface area (Å²) in [6.07, 6.45) is -0.812. The molecule has 0 fully saturated rings. The quantitative estimate of drug-likeness (QED) is 0.571. The van der Waals surface area contributed by atoms with Crippen LogP contribution in [0.15, 0.2) is 47.3 Å². The fourth-order valence-electron chi connectivity index (χ4n) is 3.66. The van der Waals surface area contributed by atoms with E-state index in [1.165, 1.54) is 20.3 Å². The number of rotatable bonds is 6. The van der Waals surface area contributed by atoms with Crippen LogP contribution in [0.1, 0.15) is 34.1 Å². The van der Waals surface area contributed by atoms with E-state index >= 15 is 0 Å². The summed E-state index contributed by atoms with van der Waals surface area (Å²) in [6, 6.07) is 11.7. The number of nitrogens with one attached hydrogen (secondary N) is 2. The van der Waals surface area contributed by atoms with Crippen molar-refractivity contribution in [3.05, 3.63) is 69.6 Å². The Morgan fingerprint density at radius 3 is 2.69 bits per heavy atom. The van der Waals surface area contributed by atoms with Gasteiger partial charge >= 0.3 is 5.97 Å². The monoisotopic (exact) mass is 435 g/mol. The molecule has 2 N–H and O–H groups in total. The van der Waals surface area contributed by atoms with E-state index in [1.807, 2.05) is 0 Å². The van der Waals surface area contributed by atoms with E-state index < -0.39 is 12.1 Å². The number of aromatic amines is 1. The van der Waals surface area contributed by atoms with Crippen molar-refractivity contribution in [3.8, 4) is 22.9 Å². The van der Waals surface area contributed by atoms with Gasteiger partial charge in [0.1, 0.15) is 17.5 Å². The Kier molecular flexibility index (Phi) is 5.63. The van der Waals surface area contributed by atoms with Crippen LogP contribution in [0, 0.1) is 6.92 Å². The number of methoxy groups -OCH3 is 2. The summed E-state index contributed by atoms with van der Waals surface area (Å²) >= 11 is 0. The van der Waals surface area contributed by atoms with Gasteiger partial charge in [-0.05, 0) is 25.1 Å². The fourth-order valence-corrected chi connectivity index (χ4v) is 3.66. The van der Waals surface area contributed by atoms with Crippen molar-refractivity contribution in [1.82, 2.24) is 9.97 Å². The normalized spacial score (nSPS) is 14.5. The maximum Gasteiger partial charge on any atom is 0.343 e. The molecule has 9 nitrogen and oxygen atoms in total. The molecule has 2 aromatic carbocycles. The molecular formula is C23H21N3O6. The number of nitrogens with zero attached hydrogens (tertiary/aromatic N) is 1. The smallest absolute Gasteiger partial charge is 0.343 e. The highest BCUT2D eigenvalue weighted by Crippen LogP contribution is 2.43. The molecular weight excluding hydrogens is 414 g/mol. The number of H-pyrrole nitrogens is 1. The van der Waals surface area contributed by atoms with Crippen LogP contribution in [0.25, 0.3) is 11.4 Å². The van der Waals surface area contributed by atoms with Crippen LogP contribution in [0.4, 0.5) is 5.69 Å². The van der Waals surface area contributed by atoms with Crippen molar-refractivity contribution < 1.29 is 23.8 Å². The summed E-state index contributed by atoms with van der Waals surface area (Å²) < 4.78 is 16.0. The van der Waals surface area contributed by atoms with E-state index in [-0.39, 0.29) is 29.2 Å². The highest BCUT2D eigenvalue weighted by atomic mass is 16.6. The minimum Gasteiger partial charge on any atom is -0.493 e. The number of benzene rings is 2. The Morgan fingerprint density at radius 2 is 1.97 bits per heavy atom. The second-order valence-corrected chi connectivity index (χ2v) is 7.23. The zero-order chi connectivity index (χ0) is 22.8. The van der Waals surface area contributed by atoms with Gasteiger partial charge in [0, 0.05) is 28.6 Å². The maximum atomic E-state index is 12.7. The summed E-state index contributed by atoms with van der Waals surface area (Å²) in [4.78, 5) is 43.8. The molecule has 9 heteroatoms. The average Bonchev–Trinajstić information content (AvgIpc) is 3.07. The lowest BCUT2D eigenvalue weighted by Crippen LogP contribution is -2.16. The highest BCUT2D eigenvalue weighted by Gasteiger charge is 2.36. The third-order valence-electron chi connectivity index (χ3n) is 5.04. The lowest BCUT2D eigenvalue weighted by molar-refractivity contribution is -0.118. The number of hydrogen-bond donors (Lipinski definition) is 2. The largest absolute Gasteiger partial charge is 0.493 e. The molecule has 1 atom stereocenters. The molecule has 164 valence electrons. The van der Waals surface area contributed by atoms with Crippen molar-refractivity contribution >= 4 is 17.6 Å². The first-order valence-electron chi connectivity index (χ1n) is 9.83. The Bertz CT molecular complexity index is 1270. The third kappa shape index (κ3) is 4.04. The maximum absolute atomic E-state index is 12.7. The van der Waals surface area contributed by atoms with Crippen molar-refractivity contribution in [2.75, 3.05) is 19.5 Å². The summed E-state index contributed by atoms with van der Waals surface area (Å²) in [5.74, 6) is 0.197. The van der Waals surface area contributed by atoms with E-state index in [9.17, 15) is 14.4 Å². The zero-order valence-corrected chi connectivity index (χ0v) is 17.7. The van der Waals surface area contributed by atoms with Crippen molar-refractivity contribution in [2.45, 2.75) is 19.4 Å². The Labute approximate surface area is 183 Å². The third-order valence-corrected chi connectivity index (χ3v) is 5.04. The van der Waals surface area contributed by atoms with E-state index in [1.54, 1.807) is 43.3 Å². The van der Waals surface area contributed by atoms with Gasteiger partial charge < -0.3 is 24.5 Å². The van der Waals surface area contributed by atoms with Gasteiger partial charge in [0.25, 0.3) is 5.56 Å². The van der Waals surface area contributed by atoms with Crippen LogP contribution < -0.4 is 20.3 Å². The number of esters is 1. The molecule has 0 saturated heterocycles. The molecule has 1 aliphatic heterocycles. The Balaban J connectivity index is 1.52. The standard InChI is InChI=1S/C23H21N3O6/c1-12-9-18(27)26-22(24-12)13-5-4-6-14(10-13)25-19(28)11-17-15-7-8-16(30-2)21(31-3)20(15)23(29)32-17/h4-10,17H,11H2,1-3H3,(H,25,28)(H,24,26,27)/t17-/m0/s1. The van der Waals surface area contributed by atoms with Gasteiger partial charge in [-0.25, -0.2) is 9.78 Å². The Hall–Kier alpha value is -4.14. The summed E-state index contributed by atoms with van der Waals surface area (Å²) in [5.41, 5.74) is 2.34. The first-order valence-corrected chi connectivity index (χ1v) is 9.83. The number of aromatic nitrogens is 2. The van der Waals surface area contributed by atoms with Gasteiger partial charge in [-0.2, -0.15) is 0 Å². The van der Waals surface area contributed by atoms with E-state index in [2.05, 4.69) is 15.3 Å². The minimum absolute atomic E-state index is 0.0714. The van der Waals surface area contributed by atoms with Crippen molar-refractivity contribution in [1.29, 1.82) is 0 Å². The number of amides is 1. The Morgan fingerprint density at radius 1 is 1.16 bits per heavy atom. The summed E-state index contributed by atoms with van der Waals surface area (Å²) in [6.45, 7) is 1.73. The van der Waals surface area contributed by atoms with Crippen LogP contribution in [0.5, 0.6) is 11.5 Å². The number of cyclic esters (lactones) is 1. The second kappa shape index (κ2) is 8.54. The molecule has 1 amide bonds. The number of anilines is 1. The van der Waals surface area contributed by atoms with Gasteiger partial charge in [0.15, 0.2) is 11.5 Å². The molecule has 0 aliphatic carbocycles. The molecule has 0 unspecified atom stereocenters. The molecule has 1 aromatic heterocycles. The predicted molar refractivity (Wildman–Crippen MR) is 116 cm³/mol. The highest BCUT2D eigenvalue weighted by molar-refractivity contribution is 5.99. The van der Waals surface area contributed by atoms with E-state index in [0.717, 1.165) is 0 Å². The van der Waals surface area contributed by atoms with Crippen LogP contribution in [-0.4, -0.2) is 36.1 Å². The number of aryl methyl sites for hydroxylation is 1. The molecule has 0 bridgehead atoms. The summed E-state index contributed by atoms with van der Waals surface area (Å²) in [5, 5.41) is 2.80. The van der Waals surface area contributed by atoms with Gasteiger partial charge in [-0.1, -0.05) is 18.2 Å². The molecule has 32 heavy (non-hydrogen) atoms. The molecule has 3 aromatic rings. The van der Waals surface area contributed by atoms with E-state index in [0.29, 0.717) is 34.1 Å². The number of carbonyl (C=O) groups excluding carboxylic acids is 2.